The second-order valence-corrected chi connectivity index (χ2v) is 8.28. The third-order valence-corrected chi connectivity index (χ3v) is 5.39. The lowest BCUT2D eigenvalue weighted by Crippen LogP contribution is -2.41. The summed E-state index contributed by atoms with van der Waals surface area (Å²) in [6.07, 6.45) is 16.8. The molecular weight excluding hydrogens is 368 g/mol. The number of rotatable bonds is 21. The van der Waals surface area contributed by atoms with Gasteiger partial charge in [0.15, 0.2) is 0 Å². The van der Waals surface area contributed by atoms with Crippen LogP contribution in [0.3, 0.4) is 0 Å². The molecule has 6 nitrogen and oxygen atoms in total. The van der Waals surface area contributed by atoms with E-state index in [1.165, 1.54) is 64.2 Å². The fourth-order valence-corrected chi connectivity index (χ4v) is 3.54. The summed E-state index contributed by atoms with van der Waals surface area (Å²) in [5.74, 6) is -1.43. The number of nitrogens with one attached hydrogen (secondary N) is 1. The maximum Gasteiger partial charge on any atom is 0.326 e. The SMILES string of the molecule is CCCCCCCCCCCCCCC(O)CC(=O)NC(CCCCN)C(=O)O. The Kier molecular flexibility index (Phi) is 19.4. The highest BCUT2D eigenvalue weighted by Crippen LogP contribution is 2.13. The first-order valence-corrected chi connectivity index (χ1v) is 11.9. The number of carboxylic acids is 1. The molecule has 0 saturated heterocycles. The summed E-state index contributed by atoms with van der Waals surface area (Å²) in [6, 6.07) is -0.895. The van der Waals surface area contributed by atoms with Gasteiger partial charge in [-0.1, -0.05) is 84.0 Å². The number of hydrogen-bond donors (Lipinski definition) is 4. The molecule has 2 unspecified atom stereocenters. The first-order chi connectivity index (χ1) is 14.0. The summed E-state index contributed by atoms with van der Waals surface area (Å²) in [4.78, 5) is 23.2. The van der Waals surface area contributed by atoms with E-state index >= 15 is 0 Å². The van der Waals surface area contributed by atoms with E-state index in [4.69, 9.17) is 5.73 Å². The van der Waals surface area contributed by atoms with Crippen molar-refractivity contribution in [2.45, 2.75) is 128 Å². The zero-order valence-electron chi connectivity index (χ0n) is 18.7. The smallest absolute Gasteiger partial charge is 0.326 e. The van der Waals surface area contributed by atoms with E-state index in [9.17, 15) is 19.8 Å². The van der Waals surface area contributed by atoms with E-state index in [0.29, 0.717) is 25.8 Å². The second-order valence-electron chi connectivity index (χ2n) is 8.28. The summed E-state index contributed by atoms with van der Waals surface area (Å²) in [6.45, 7) is 2.76. The highest BCUT2D eigenvalue weighted by molar-refractivity contribution is 5.83. The van der Waals surface area contributed by atoms with E-state index in [1.807, 2.05) is 0 Å². The number of amides is 1. The molecule has 0 heterocycles. The van der Waals surface area contributed by atoms with Crippen molar-refractivity contribution in [1.29, 1.82) is 0 Å². The average Bonchev–Trinajstić information content (AvgIpc) is 2.68. The van der Waals surface area contributed by atoms with Crippen LogP contribution in [-0.4, -0.2) is 40.8 Å². The van der Waals surface area contributed by atoms with E-state index < -0.39 is 24.0 Å². The normalized spacial score (nSPS) is 13.2. The van der Waals surface area contributed by atoms with Crippen molar-refractivity contribution in [2.75, 3.05) is 6.54 Å². The van der Waals surface area contributed by atoms with Gasteiger partial charge in [-0.2, -0.15) is 0 Å². The number of aliphatic carboxylic acids is 1. The quantitative estimate of drug-likeness (QED) is 0.206. The van der Waals surface area contributed by atoms with Gasteiger partial charge in [0.25, 0.3) is 0 Å². The molecule has 0 radical (unpaired) electrons. The van der Waals surface area contributed by atoms with Crippen LogP contribution in [0.25, 0.3) is 0 Å². The molecule has 0 saturated carbocycles. The zero-order valence-corrected chi connectivity index (χ0v) is 18.7. The number of carboxylic acid groups (broad SMARTS) is 1. The van der Waals surface area contributed by atoms with Crippen molar-refractivity contribution in [3.8, 4) is 0 Å². The molecule has 0 bridgehead atoms. The molecule has 29 heavy (non-hydrogen) atoms. The average molecular weight is 415 g/mol. The molecule has 0 aromatic carbocycles. The van der Waals surface area contributed by atoms with Gasteiger partial charge < -0.3 is 21.3 Å². The minimum atomic E-state index is -1.04. The maximum absolute atomic E-state index is 12.0. The highest BCUT2D eigenvalue weighted by Gasteiger charge is 2.20. The highest BCUT2D eigenvalue weighted by atomic mass is 16.4. The Labute approximate surface area is 178 Å². The van der Waals surface area contributed by atoms with E-state index in [1.54, 1.807) is 0 Å². The van der Waals surface area contributed by atoms with Gasteiger partial charge in [0.05, 0.1) is 12.5 Å². The Hall–Kier alpha value is -1.14. The van der Waals surface area contributed by atoms with Gasteiger partial charge >= 0.3 is 5.97 Å². The monoisotopic (exact) mass is 414 g/mol. The van der Waals surface area contributed by atoms with Crippen molar-refractivity contribution in [1.82, 2.24) is 5.32 Å². The summed E-state index contributed by atoms with van der Waals surface area (Å²) < 4.78 is 0. The first-order valence-electron chi connectivity index (χ1n) is 11.9. The zero-order chi connectivity index (χ0) is 21.7. The van der Waals surface area contributed by atoms with Gasteiger partial charge in [-0.25, -0.2) is 4.79 Å². The Morgan fingerprint density at radius 1 is 0.793 bits per heavy atom. The molecule has 172 valence electrons. The molecule has 0 aromatic heterocycles. The van der Waals surface area contributed by atoms with Gasteiger partial charge in [-0.3, -0.25) is 4.79 Å². The number of carbonyl (C=O) groups is 2. The van der Waals surface area contributed by atoms with Gasteiger partial charge in [0, 0.05) is 0 Å². The number of unbranched alkanes of at least 4 members (excludes halogenated alkanes) is 12. The van der Waals surface area contributed by atoms with Gasteiger partial charge in [-0.15, -0.1) is 0 Å². The number of carbonyl (C=O) groups excluding carboxylic acids is 1. The fourth-order valence-electron chi connectivity index (χ4n) is 3.54. The Balaban J connectivity index is 3.63. The lowest BCUT2D eigenvalue weighted by molar-refractivity contribution is -0.142. The molecule has 5 N–H and O–H groups in total. The molecule has 0 aromatic rings. The predicted molar refractivity (Wildman–Crippen MR) is 119 cm³/mol. The lowest BCUT2D eigenvalue weighted by atomic mass is 10.0. The van der Waals surface area contributed by atoms with Crippen LogP contribution in [-0.2, 0) is 9.59 Å². The minimum absolute atomic E-state index is 0.0291. The molecule has 0 aliphatic rings. The number of nitrogens with two attached hydrogens (primary N) is 1. The van der Waals surface area contributed by atoms with E-state index in [2.05, 4.69) is 12.2 Å². The molecule has 0 fully saturated rings. The summed E-state index contributed by atoms with van der Waals surface area (Å²) in [5, 5.41) is 21.7. The van der Waals surface area contributed by atoms with Gasteiger partial charge in [-0.05, 0) is 32.2 Å². The molecule has 2 atom stereocenters. The maximum atomic E-state index is 12.0. The Bertz CT molecular complexity index is 404. The molecular formula is C23H46N2O4. The second kappa shape index (κ2) is 20.1. The summed E-state index contributed by atoms with van der Waals surface area (Å²) in [5.41, 5.74) is 5.41. The first kappa shape index (κ1) is 27.9. The van der Waals surface area contributed by atoms with E-state index in [-0.39, 0.29) is 6.42 Å². The van der Waals surface area contributed by atoms with Crippen LogP contribution < -0.4 is 11.1 Å². The summed E-state index contributed by atoms with van der Waals surface area (Å²) >= 11 is 0. The standard InChI is InChI=1S/C23H46N2O4/c1-2-3-4-5-6-7-8-9-10-11-12-13-16-20(26)19-22(27)25-21(23(28)29)17-14-15-18-24/h20-21,26H,2-19,24H2,1H3,(H,25,27)(H,28,29). The number of aliphatic hydroxyl groups is 1. The van der Waals surface area contributed by atoms with Gasteiger partial charge in [0.1, 0.15) is 6.04 Å². The molecule has 0 aliphatic heterocycles. The minimum Gasteiger partial charge on any atom is -0.480 e. The van der Waals surface area contributed by atoms with Crippen molar-refractivity contribution in [3.05, 3.63) is 0 Å². The van der Waals surface area contributed by atoms with Crippen molar-refractivity contribution >= 4 is 11.9 Å². The van der Waals surface area contributed by atoms with Crippen molar-refractivity contribution in [2.24, 2.45) is 5.73 Å². The predicted octanol–water partition coefficient (Wildman–Crippen LogP) is 4.53. The molecule has 0 spiro atoms. The number of aliphatic hydroxyl groups excluding tert-OH is 1. The van der Waals surface area contributed by atoms with Crippen LogP contribution in [0.4, 0.5) is 0 Å². The Morgan fingerprint density at radius 2 is 1.28 bits per heavy atom. The van der Waals surface area contributed by atoms with Crippen LogP contribution in [0, 0.1) is 0 Å². The summed E-state index contributed by atoms with van der Waals surface area (Å²) in [7, 11) is 0. The van der Waals surface area contributed by atoms with Gasteiger partial charge in [0.2, 0.25) is 5.91 Å². The molecule has 1 amide bonds. The largest absolute Gasteiger partial charge is 0.480 e. The molecule has 6 heteroatoms. The van der Waals surface area contributed by atoms with Crippen LogP contribution in [0.1, 0.15) is 116 Å². The van der Waals surface area contributed by atoms with Crippen LogP contribution in [0.15, 0.2) is 0 Å². The third-order valence-electron chi connectivity index (χ3n) is 5.39. The number of hydrogen-bond acceptors (Lipinski definition) is 4. The van der Waals surface area contributed by atoms with Crippen LogP contribution >= 0.6 is 0 Å². The Morgan fingerprint density at radius 3 is 1.76 bits per heavy atom. The molecule has 0 rings (SSSR count). The lowest BCUT2D eigenvalue weighted by Gasteiger charge is -2.16. The third kappa shape index (κ3) is 18.6. The van der Waals surface area contributed by atoms with Crippen molar-refractivity contribution in [3.63, 3.8) is 0 Å². The topological polar surface area (TPSA) is 113 Å². The van der Waals surface area contributed by atoms with E-state index in [0.717, 1.165) is 19.3 Å². The molecule has 0 aliphatic carbocycles. The van der Waals surface area contributed by atoms with Crippen LogP contribution in [0.2, 0.25) is 0 Å². The van der Waals surface area contributed by atoms with Crippen molar-refractivity contribution < 1.29 is 19.8 Å². The fraction of sp³-hybridized carbons (Fsp3) is 0.913. The van der Waals surface area contributed by atoms with Crippen LogP contribution in [0.5, 0.6) is 0 Å².